The van der Waals surface area contributed by atoms with Crippen molar-refractivity contribution in [3.8, 4) is 16.9 Å². The van der Waals surface area contributed by atoms with E-state index in [9.17, 15) is 4.91 Å². The maximum atomic E-state index is 11.4. The van der Waals surface area contributed by atoms with Crippen LogP contribution in [0.2, 0.25) is 0 Å². The molecular formula is C17H13N3O. The molecular weight excluding hydrogens is 262 g/mol. The molecule has 0 amide bonds. The van der Waals surface area contributed by atoms with Crippen LogP contribution in [0.25, 0.3) is 16.9 Å². The fourth-order valence-electron chi connectivity index (χ4n) is 3.09. The molecule has 1 aliphatic heterocycles. The number of rotatable bonds is 2. The van der Waals surface area contributed by atoms with Crippen molar-refractivity contribution < 1.29 is 0 Å². The minimum atomic E-state index is -0.488. The van der Waals surface area contributed by atoms with E-state index in [2.05, 4.69) is 10.2 Å². The fourth-order valence-corrected chi connectivity index (χ4v) is 3.09. The van der Waals surface area contributed by atoms with E-state index in [1.165, 1.54) is 0 Å². The van der Waals surface area contributed by atoms with Gasteiger partial charge in [-0.15, -0.1) is 4.91 Å². The van der Waals surface area contributed by atoms with Gasteiger partial charge in [0.15, 0.2) is 6.04 Å². The molecule has 1 aromatic heterocycles. The lowest BCUT2D eigenvalue weighted by Gasteiger charge is -2.04. The van der Waals surface area contributed by atoms with Crippen molar-refractivity contribution in [1.29, 1.82) is 0 Å². The van der Waals surface area contributed by atoms with Gasteiger partial charge in [0.1, 0.15) is 5.82 Å². The van der Waals surface area contributed by atoms with Gasteiger partial charge in [0.25, 0.3) is 0 Å². The second kappa shape index (κ2) is 4.38. The van der Waals surface area contributed by atoms with Gasteiger partial charge in [-0.05, 0) is 13.0 Å². The molecule has 0 unspecified atom stereocenters. The minimum Gasteiger partial charge on any atom is -0.297 e. The van der Waals surface area contributed by atoms with E-state index in [1.807, 2.05) is 66.1 Å². The van der Waals surface area contributed by atoms with Gasteiger partial charge in [-0.25, -0.2) is 4.98 Å². The first kappa shape index (κ1) is 12.0. The lowest BCUT2D eigenvalue weighted by molar-refractivity contribution is 0.852. The molecule has 102 valence electrons. The molecule has 2 heterocycles. The highest BCUT2D eigenvalue weighted by molar-refractivity contribution is 5.69. The highest BCUT2D eigenvalue weighted by Crippen LogP contribution is 2.43. The van der Waals surface area contributed by atoms with Crippen molar-refractivity contribution in [3.63, 3.8) is 0 Å². The van der Waals surface area contributed by atoms with Gasteiger partial charge in [0.2, 0.25) is 0 Å². The first-order valence-corrected chi connectivity index (χ1v) is 6.87. The van der Waals surface area contributed by atoms with Gasteiger partial charge in [-0.2, -0.15) is 0 Å². The van der Waals surface area contributed by atoms with Crippen LogP contribution in [0.4, 0.5) is 0 Å². The molecule has 4 rings (SSSR count). The normalized spacial score (nSPS) is 15.6. The first-order chi connectivity index (χ1) is 10.3. The lowest BCUT2D eigenvalue weighted by Crippen LogP contribution is -1.96. The number of nitroso groups, excluding NO2 is 1. The third-order valence-electron chi connectivity index (χ3n) is 3.96. The molecule has 3 aromatic rings. The smallest absolute Gasteiger partial charge is 0.161 e. The number of imidazole rings is 1. The Bertz CT molecular complexity index is 836. The summed E-state index contributed by atoms with van der Waals surface area (Å²) in [4.78, 5) is 16.1. The summed E-state index contributed by atoms with van der Waals surface area (Å²) in [5, 5.41) is 3.36. The fraction of sp³-hybridized carbons (Fsp3) is 0.118. The number of benzene rings is 2. The van der Waals surface area contributed by atoms with Crippen molar-refractivity contribution in [1.82, 2.24) is 9.55 Å². The van der Waals surface area contributed by atoms with Crippen molar-refractivity contribution in [3.05, 3.63) is 76.6 Å². The zero-order valence-electron chi connectivity index (χ0n) is 11.5. The van der Waals surface area contributed by atoms with Gasteiger partial charge >= 0.3 is 0 Å². The third kappa shape index (κ3) is 1.59. The highest BCUT2D eigenvalue weighted by Gasteiger charge is 2.35. The molecule has 0 aliphatic carbocycles. The molecule has 0 N–H and O–H groups in total. The van der Waals surface area contributed by atoms with Crippen LogP contribution in [0.1, 0.15) is 23.1 Å². The predicted octanol–water partition coefficient (Wildman–Crippen LogP) is 4.02. The quantitative estimate of drug-likeness (QED) is 0.663. The molecule has 0 radical (unpaired) electrons. The van der Waals surface area contributed by atoms with Crippen LogP contribution in [0.15, 0.2) is 59.8 Å². The Labute approximate surface area is 122 Å². The third-order valence-corrected chi connectivity index (χ3v) is 3.96. The summed E-state index contributed by atoms with van der Waals surface area (Å²) >= 11 is 0. The molecule has 4 nitrogen and oxygen atoms in total. The van der Waals surface area contributed by atoms with Gasteiger partial charge in [0, 0.05) is 11.1 Å². The Balaban J connectivity index is 2.03. The summed E-state index contributed by atoms with van der Waals surface area (Å²) in [6.45, 7) is 1.96. The van der Waals surface area contributed by atoms with Crippen molar-refractivity contribution in [2.45, 2.75) is 13.0 Å². The van der Waals surface area contributed by atoms with E-state index < -0.39 is 6.04 Å². The summed E-state index contributed by atoms with van der Waals surface area (Å²) in [5.74, 6) is 0.877. The van der Waals surface area contributed by atoms with Crippen molar-refractivity contribution in [2.24, 2.45) is 5.18 Å². The van der Waals surface area contributed by atoms with Crippen LogP contribution in [0.5, 0.6) is 0 Å². The van der Waals surface area contributed by atoms with Gasteiger partial charge in [0.05, 0.1) is 17.1 Å². The molecule has 0 fully saturated rings. The molecule has 1 aliphatic rings. The molecule has 21 heavy (non-hydrogen) atoms. The van der Waals surface area contributed by atoms with Crippen LogP contribution < -0.4 is 0 Å². The number of para-hydroxylation sites is 1. The number of fused-ring (bicyclic) bond motifs is 3. The average Bonchev–Trinajstić information content (AvgIpc) is 3.04. The summed E-state index contributed by atoms with van der Waals surface area (Å²) in [6, 6.07) is 17.3. The Morgan fingerprint density at radius 2 is 1.76 bits per heavy atom. The molecule has 4 heteroatoms. The first-order valence-electron chi connectivity index (χ1n) is 6.87. The monoisotopic (exact) mass is 275 g/mol. The lowest BCUT2D eigenvalue weighted by atomic mass is 10.0. The average molecular weight is 275 g/mol. The van der Waals surface area contributed by atoms with E-state index in [0.29, 0.717) is 0 Å². The predicted molar refractivity (Wildman–Crippen MR) is 81.4 cm³/mol. The number of hydrogen-bond acceptors (Lipinski definition) is 3. The molecule has 0 saturated carbocycles. The van der Waals surface area contributed by atoms with Crippen LogP contribution >= 0.6 is 0 Å². The van der Waals surface area contributed by atoms with Gasteiger partial charge in [-0.3, -0.25) is 4.57 Å². The maximum absolute atomic E-state index is 11.4. The topological polar surface area (TPSA) is 47.2 Å². The van der Waals surface area contributed by atoms with E-state index >= 15 is 0 Å². The van der Waals surface area contributed by atoms with E-state index in [1.54, 1.807) is 0 Å². The van der Waals surface area contributed by atoms with Crippen molar-refractivity contribution in [2.75, 3.05) is 0 Å². The second-order valence-electron chi connectivity index (χ2n) is 5.16. The second-order valence-corrected chi connectivity index (χ2v) is 5.16. The molecule has 1 atom stereocenters. The van der Waals surface area contributed by atoms with E-state index in [4.69, 9.17) is 0 Å². The SMILES string of the molecule is Cc1nc(-c2ccccc2)c2n1-c1ccccc1[C@@H]2N=O. The zero-order valence-corrected chi connectivity index (χ0v) is 11.5. The number of hydrogen-bond donors (Lipinski definition) is 0. The van der Waals surface area contributed by atoms with Crippen LogP contribution in [-0.4, -0.2) is 9.55 Å². The van der Waals surface area contributed by atoms with E-state index in [0.717, 1.165) is 34.0 Å². The molecule has 0 saturated heterocycles. The minimum absolute atomic E-state index is 0.488. The summed E-state index contributed by atoms with van der Waals surface area (Å²) in [7, 11) is 0. The van der Waals surface area contributed by atoms with Crippen LogP contribution in [-0.2, 0) is 0 Å². The summed E-state index contributed by atoms with van der Waals surface area (Å²) < 4.78 is 2.05. The summed E-state index contributed by atoms with van der Waals surface area (Å²) in [5.41, 5.74) is 4.68. The summed E-state index contributed by atoms with van der Waals surface area (Å²) in [6.07, 6.45) is 0. The number of aromatic nitrogens is 2. The maximum Gasteiger partial charge on any atom is 0.161 e. The Kier molecular flexibility index (Phi) is 2.51. The zero-order chi connectivity index (χ0) is 14.4. The van der Waals surface area contributed by atoms with Crippen molar-refractivity contribution >= 4 is 0 Å². The highest BCUT2D eigenvalue weighted by atomic mass is 16.3. The Morgan fingerprint density at radius 3 is 2.52 bits per heavy atom. The largest absolute Gasteiger partial charge is 0.297 e. The number of aryl methyl sites for hydroxylation is 1. The standard InChI is InChI=1S/C17H13N3O/c1-11-18-15(12-7-3-2-4-8-12)17-16(19-21)13-9-5-6-10-14(13)20(11)17/h2-10,16H,1H3/t16-/m0/s1. The van der Waals surface area contributed by atoms with Crippen LogP contribution in [0, 0.1) is 11.8 Å². The van der Waals surface area contributed by atoms with Gasteiger partial charge < -0.3 is 0 Å². The number of nitrogens with zero attached hydrogens (tertiary/aromatic N) is 3. The van der Waals surface area contributed by atoms with Crippen LogP contribution in [0.3, 0.4) is 0 Å². The molecule has 2 aromatic carbocycles. The molecule has 0 spiro atoms. The Hall–Kier alpha value is -2.75. The Morgan fingerprint density at radius 1 is 1.05 bits per heavy atom. The van der Waals surface area contributed by atoms with Gasteiger partial charge in [-0.1, -0.05) is 53.7 Å². The molecule has 0 bridgehead atoms. The van der Waals surface area contributed by atoms with E-state index in [-0.39, 0.29) is 0 Å².